The third-order valence-electron chi connectivity index (χ3n) is 2.77. The zero-order chi connectivity index (χ0) is 14.1. The highest BCUT2D eigenvalue weighted by atomic mass is 16.5. The van der Waals surface area contributed by atoms with Gasteiger partial charge in [-0.2, -0.15) is 0 Å². The molecule has 0 aliphatic carbocycles. The Labute approximate surface area is 114 Å². The molecule has 0 aliphatic rings. The summed E-state index contributed by atoms with van der Waals surface area (Å²) in [5.74, 6) is 4.72. The van der Waals surface area contributed by atoms with E-state index in [2.05, 4.69) is 11.8 Å². The van der Waals surface area contributed by atoms with Gasteiger partial charge in [0.1, 0.15) is 6.04 Å². The molecule has 0 radical (unpaired) electrons. The van der Waals surface area contributed by atoms with Crippen LogP contribution in [0, 0.1) is 24.7 Å². The molecule has 0 fully saturated rings. The molecule has 0 aromatic heterocycles. The first-order valence-corrected chi connectivity index (χ1v) is 5.95. The van der Waals surface area contributed by atoms with Crippen molar-refractivity contribution in [1.29, 1.82) is 0 Å². The van der Waals surface area contributed by atoms with Crippen LogP contribution in [0.4, 0.5) is 0 Å². The summed E-state index contributed by atoms with van der Waals surface area (Å²) in [6, 6.07) is 9.24. The second-order valence-corrected chi connectivity index (χ2v) is 4.04. The average Bonchev–Trinajstić information content (AvgIpc) is 2.45. The Kier molecular flexibility index (Phi) is 6.22. The van der Waals surface area contributed by atoms with Crippen molar-refractivity contribution in [3.63, 3.8) is 0 Å². The lowest BCUT2D eigenvalue weighted by Crippen LogP contribution is -2.44. The Balaban J connectivity index is 2.91. The highest BCUT2D eigenvalue weighted by Crippen LogP contribution is 2.10. The molecule has 0 saturated heterocycles. The van der Waals surface area contributed by atoms with Crippen molar-refractivity contribution >= 4 is 5.97 Å². The van der Waals surface area contributed by atoms with Crippen LogP contribution in [0.1, 0.15) is 5.56 Å². The number of carbonyl (C=O) groups is 1. The largest absolute Gasteiger partial charge is 0.468 e. The summed E-state index contributed by atoms with van der Waals surface area (Å²) in [4.78, 5) is 13.7. The fraction of sp³-hybridized carbons (Fsp3) is 0.312. The molecule has 0 bridgehead atoms. The van der Waals surface area contributed by atoms with Crippen LogP contribution in [0.25, 0.3) is 0 Å². The van der Waals surface area contributed by atoms with E-state index in [4.69, 9.17) is 17.6 Å². The summed E-state index contributed by atoms with van der Waals surface area (Å²) in [5.41, 5.74) is 1.04. The summed E-state index contributed by atoms with van der Waals surface area (Å²) < 4.78 is 4.84. The molecule has 0 unspecified atom stereocenters. The first-order chi connectivity index (χ1) is 9.22. The van der Waals surface area contributed by atoms with Gasteiger partial charge in [0.2, 0.25) is 0 Å². The van der Waals surface area contributed by atoms with E-state index >= 15 is 0 Å². The number of benzene rings is 1. The van der Waals surface area contributed by atoms with Gasteiger partial charge in [0, 0.05) is 0 Å². The second kappa shape index (κ2) is 7.97. The fourth-order valence-electron chi connectivity index (χ4n) is 1.85. The van der Waals surface area contributed by atoms with Gasteiger partial charge in [-0.3, -0.25) is 9.69 Å². The first-order valence-electron chi connectivity index (χ1n) is 5.95. The molecule has 0 aliphatic heterocycles. The molecule has 0 heterocycles. The maximum atomic E-state index is 11.9. The van der Waals surface area contributed by atoms with Gasteiger partial charge in [-0.1, -0.05) is 42.2 Å². The maximum absolute atomic E-state index is 11.9. The Morgan fingerprint density at radius 3 is 2.32 bits per heavy atom. The molecule has 3 heteroatoms. The van der Waals surface area contributed by atoms with Crippen molar-refractivity contribution in [1.82, 2.24) is 4.90 Å². The molecule has 3 nitrogen and oxygen atoms in total. The van der Waals surface area contributed by atoms with Gasteiger partial charge in [-0.25, -0.2) is 0 Å². The van der Waals surface area contributed by atoms with Gasteiger partial charge in [-0.15, -0.1) is 12.8 Å². The molecule has 1 atom stereocenters. The molecule has 1 aromatic rings. The summed E-state index contributed by atoms with van der Waals surface area (Å²) in [7, 11) is 1.37. The molecular weight excluding hydrogens is 238 g/mol. The van der Waals surface area contributed by atoms with Crippen molar-refractivity contribution in [3.05, 3.63) is 35.9 Å². The lowest BCUT2D eigenvalue weighted by Gasteiger charge is -2.26. The predicted molar refractivity (Wildman–Crippen MR) is 75.2 cm³/mol. The van der Waals surface area contributed by atoms with Crippen molar-refractivity contribution in [2.75, 3.05) is 20.2 Å². The number of methoxy groups -OCH3 is 1. The molecule has 0 amide bonds. The predicted octanol–water partition coefficient (Wildman–Crippen LogP) is 1.34. The minimum atomic E-state index is -0.459. The third kappa shape index (κ3) is 4.50. The average molecular weight is 255 g/mol. The van der Waals surface area contributed by atoms with Crippen LogP contribution in [0.2, 0.25) is 0 Å². The monoisotopic (exact) mass is 255 g/mol. The summed E-state index contributed by atoms with van der Waals surface area (Å²) >= 11 is 0. The Bertz CT molecular complexity index is 466. The Morgan fingerprint density at radius 2 is 1.84 bits per heavy atom. The Hall–Kier alpha value is -2.23. The molecule has 1 rings (SSSR count). The van der Waals surface area contributed by atoms with Gasteiger partial charge in [0.15, 0.2) is 0 Å². The lowest BCUT2D eigenvalue weighted by atomic mass is 10.0. The molecule has 0 saturated carbocycles. The minimum absolute atomic E-state index is 0.316. The van der Waals surface area contributed by atoms with Crippen LogP contribution in [0.5, 0.6) is 0 Å². The van der Waals surface area contributed by atoms with Crippen LogP contribution >= 0.6 is 0 Å². The number of ether oxygens (including phenoxy) is 1. The summed E-state index contributed by atoms with van der Waals surface area (Å²) in [6.07, 6.45) is 11.2. The minimum Gasteiger partial charge on any atom is -0.468 e. The van der Waals surface area contributed by atoms with Crippen molar-refractivity contribution in [2.24, 2.45) is 0 Å². The number of nitrogens with zero attached hydrogens (tertiary/aromatic N) is 1. The summed E-state index contributed by atoms with van der Waals surface area (Å²) in [5, 5.41) is 0. The van der Waals surface area contributed by atoms with E-state index in [9.17, 15) is 4.79 Å². The van der Waals surface area contributed by atoms with E-state index in [0.29, 0.717) is 19.5 Å². The van der Waals surface area contributed by atoms with E-state index in [-0.39, 0.29) is 5.97 Å². The molecule has 98 valence electrons. The smallest absolute Gasteiger partial charge is 0.323 e. The first kappa shape index (κ1) is 14.8. The molecule has 0 spiro atoms. The van der Waals surface area contributed by atoms with Crippen LogP contribution < -0.4 is 0 Å². The van der Waals surface area contributed by atoms with Gasteiger partial charge in [0.25, 0.3) is 0 Å². The second-order valence-electron chi connectivity index (χ2n) is 4.04. The fourth-order valence-corrected chi connectivity index (χ4v) is 1.85. The van der Waals surface area contributed by atoms with E-state index in [1.807, 2.05) is 30.3 Å². The van der Waals surface area contributed by atoms with Crippen LogP contribution in [-0.2, 0) is 16.0 Å². The molecule has 1 aromatic carbocycles. The van der Waals surface area contributed by atoms with Gasteiger partial charge >= 0.3 is 5.97 Å². The highest BCUT2D eigenvalue weighted by Gasteiger charge is 2.25. The number of rotatable bonds is 6. The summed E-state index contributed by atoms with van der Waals surface area (Å²) in [6.45, 7) is 0.633. The number of terminal acetylenes is 2. The number of esters is 1. The van der Waals surface area contributed by atoms with Crippen molar-refractivity contribution < 1.29 is 9.53 Å². The Morgan fingerprint density at radius 1 is 1.26 bits per heavy atom. The van der Waals surface area contributed by atoms with E-state index in [1.165, 1.54) is 7.11 Å². The van der Waals surface area contributed by atoms with E-state index < -0.39 is 6.04 Å². The zero-order valence-corrected chi connectivity index (χ0v) is 11.0. The van der Waals surface area contributed by atoms with E-state index in [0.717, 1.165) is 5.56 Å². The van der Waals surface area contributed by atoms with Gasteiger partial charge < -0.3 is 4.74 Å². The van der Waals surface area contributed by atoms with Gasteiger partial charge in [0.05, 0.1) is 20.2 Å². The third-order valence-corrected chi connectivity index (χ3v) is 2.77. The maximum Gasteiger partial charge on any atom is 0.323 e. The van der Waals surface area contributed by atoms with Crippen LogP contribution in [0.15, 0.2) is 30.3 Å². The topological polar surface area (TPSA) is 29.5 Å². The normalized spacial score (nSPS) is 11.4. The van der Waals surface area contributed by atoms with Crippen LogP contribution in [-0.4, -0.2) is 37.1 Å². The lowest BCUT2D eigenvalue weighted by molar-refractivity contribution is -0.146. The molecule has 19 heavy (non-hydrogen) atoms. The standard InChI is InChI=1S/C16H17NO2/c1-4-11-17(12-5-2)15(16(18)19-3)13-14-9-7-6-8-10-14/h1-2,6-10,15H,11-13H2,3H3/t15-/m0/s1. The highest BCUT2D eigenvalue weighted by molar-refractivity contribution is 5.76. The van der Waals surface area contributed by atoms with Crippen molar-refractivity contribution in [2.45, 2.75) is 12.5 Å². The SMILES string of the molecule is C#CCN(CC#C)[C@@H](Cc1ccccc1)C(=O)OC. The number of carbonyl (C=O) groups excluding carboxylic acids is 1. The molecular formula is C16H17NO2. The number of hydrogen-bond acceptors (Lipinski definition) is 3. The van der Waals surface area contributed by atoms with Crippen molar-refractivity contribution in [3.8, 4) is 24.7 Å². The molecule has 0 N–H and O–H groups in total. The zero-order valence-electron chi connectivity index (χ0n) is 11.0. The van der Waals surface area contributed by atoms with Crippen LogP contribution in [0.3, 0.4) is 0 Å². The van der Waals surface area contributed by atoms with Gasteiger partial charge in [-0.05, 0) is 12.0 Å². The number of hydrogen-bond donors (Lipinski definition) is 0. The quantitative estimate of drug-likeness (QED) is 0.567. The van der Waals surface area contributed by atoms with E-state index in [1.54, 1.807) is 4.90 Å².